The number of ether oxygens (including phenoxy) is 2. The van der Waals surface area contributed by atoms with Gasteiger partial charge in [-0.05, 0) is 70.6 Å². The number of aliphatic hydroxyl groups excluding tert-OH is 6. The lowest BCUT2D eigenvalue weighted by molar-refractivity contribution is -0.302. The average Bonchev–Trinajstić information content (AvgIpc) is 3.31. The van der Waals surface area contributed by atoms with E-state index in [0.29, 0.717) is 19.3 Å². The van der Waals surface area contributed by atoms with Crippen LogP contribution >= 0.6 is 0 Å². The Morgan fingerprint density at radius 1 is 0.538 bits per heavy atom. The van der Waals surface area contributed by atoms with Crippen LogP contribution in [0.2, 0.25) is 0 Å². The maximum atomic E-state index is 13.1. The van der Waals surface area contributed by atoms with Gasteiger partial charge in [0.1, 0.15) is 30.5 Å². The molecule has 0 radical (unpaired) electrons. The van der Waals surface area contributed by atoms with E-state index in [9.17, 15) is 35.4 Å². The van der Waals surface area contributed by atoms with Gasteiger partial charge in [0.15, 0.2) is 6.29 Å². The fraction of sp³-hybridized carbons (Fsp3) is 0.800. The largest absolute Gasteiger partial charge is 0.394 e. The number of carbonyl (C=O) groups excluding carboxylic acids is 1. The van der Waals surface area contributed by atoms with E-state index in [0.717, 1.165) is 51.4 Å². The highest BCUT2D eigenvalue weighted by Gasteiger charge is 2.44. The molecule has 0 spiro atoms. The van der Waals surface area contributed by atoms with Gasteiger partial charge < -0.3 is 45.4 Å². The maximum absolute atomic E-state index is 13.1. The first-order valence-electron chi connectivity index (χ1n) is 26.6. The number of nitrogens with one attached hydrogen (secondary N) is 1. The molecule has 0 aromatic rings. The third kappa shape index (κ3) is 33.9. The van der Waals surface area contributed by atoms with Gasteiger partial charge in [0, 0.05) is 0 Å². The second kappa shape index (κ2) is 44.4. The van der Waals surface area contributed by atoms with E-state index in [2.05, 4.69) is 67.8 Å². The predicted octanol–water partition coefficient (Wildman–Crippen LogP) is 11.3. The molecule has 0 aromatic heterocycles. The van der Waals surface area contributed by atoms with Crippen molar-refractivity contribution in [2.45, 2.75) is 268 Å². The molecule has 1 heterocycles. The summed E-state index contributed by atoms with van der Waals surface area (Å²) in [6.07, 6.45) is 49.0. The van der Waals surface area contributed by atoms with Crippen molar-refractivity contribution in [3.05, 3.63) is 60.8 Å². The minimum absolute atomic E-state index is 0.297. The van der Waals surface area contributed by atoms with Crippen molar-refractivity contribution in [3.63, 3.8) is 0 Å². The van der Waals surface area contributed by atoms with Gasteiger partial charge in [-0.2, -0.15) is 0 Å². The van der Waals surface area contributed by atoms with Gasteiger partial charge in [-0.15, -0.1) is 0 Å². The van der Waals surface area contributed by atoms with Crippen LogP contribution in [-0.4, -0.2) is 98.7 Å². The van der Waals surface area contributed by atoms with Crippen LogP contribution in [0.15, 0.2) is 60.8 Å². The molecule has 0 bridgehead atoms. The van der Waals surface area contributed by atoms with E-state index in [-0.39, 0.29) is 6.61 Å². The molecule has 1 fully saturated rings. The number of amides is 1. The first-order chi connectivity index (χ1) is 31.8. The Kier molecular flexibility index (Phi) is 41.5. The standard InChI is InChI=1S/C55H99NO9/c1-3-5-7-9-11-13-15-17-18-19-20-21-22-23-24-25-26-27-28-29-30-31-32-34-36-38-40-42-44-49(59)54(63)56-47(46-64-55-53(62)52(61)51(60)50(45-57)65-55)48(58)43-41-39-37-35-33-16-14-12-10-8-6-4-2/h10,12,20-21,23-24,33,35,41,43,47-53,55,57-62H,3-9,11,13-19,22,25-32,34,36-40,42,44-46H2,1-2H3,(H,56,63)/b12-10+,21-20-,24-23-,35-33+,43-41+. The topological polar surface area (TPSA) is 169 Å². The lowest BCUT2D eigenvalue weighted by atomic mass is 9.99. The van der Waals surface area contributed by atoms with Gasteiger partial charge in [-0.25, -0.2) is 0 Å². The second-order valence-electron chi connectivity index (χ2n) is 18.4. The van der Waals surface area contributed by atoms with Gasteiger partial charge in [0.2, 0.25) is 5.91 Å². The number of unbranched alkanes of at least 4 members (excludes halogenated alkanes) is 25. The van der Waals surface area contributed by atoms with Crippen LogP contribution in [0, 0.1) is 0 Å². The summed E-state index contributed by atoms with van der Waals surface area (Å²) >= 11 is 0. The van der Waals surface area contributed by atoms with Gasteiger partial charge >= 0.3 is 0 Å². The van der Waals surface area contributed by atoms with Gasteiger partial charge in [0.25, 0.3) is 0 Å². The van der Waals surface area contributed by atoms with Crippen molar-refractivity contribution in [1.82, 2.24) is 5.32 Å². The molecular weight excluding hydrogens is 819 g/mol. The summed E-state index contributed by atoms with van der Waals surface area (Å²) in [6, 6.07) is -1.01. The van der Waals surface area contributed by atoms with Crippen LogP contribution in [0.3, 0.4) is 0 Å². The molecule has 0 saturated carbocycles. The molecule has 378 valence electrons. The smallest absolute Gasteiger partial charge is 0.249 e. The third-order valence-electron chi connectivity index (χ3n) is 12.4. The second-order valence-corrected chi connectivity index (χ2v) is 18.4. The third-order valence-corrected chi connectivity index (χ3v) is 12.4. The zero-order valence-corrected chi connectivity index (χ0v) is 41.3. The van der Waals surface area contributed by atoms with Crippen LogP contribution < -0.4 is 5.32 Å². The van der Waals surface area contributed by atoms with Crippen molar-refractivity contribution < 1.29 is 44.9 Å². The molecule has 1 aliphatic rings. The summed E-state index contributed by atoms with van der Waals surface area (Å²) in [4.78, 5) is 13.1. The molecule has 8 unspecified atom stereocenters. The number of hydrogen-bond donors (Lipinski definition) is 7. The molecule has 0 aromatic carbocycles. The summed E-state index contributed by atoms with van der Waals surface area (Å²) < 4.78 is 11.1. The Morgan fingerprint density at radius 2 is 0.969 bits per heavy atom. The first-order valence-corrected chi connectivity index (χ1v) is 26.6. The fourth-order valence-electron chi connectivity index (χ4n) is 8.03. The monoisotopic (exact) mass is 918 g/mol. The number of rotatable bonds is 44. The SMILES string of the molecule is CCCC/C=C/CC/C=C/CC/C=C/C(O)C(COC1OC(CO)C(O)C(O)C1O)NC(=O)C(O)CCCCCCCCCCCCCC/C=C\C/C=C\CCCCCCCCCCC. The summed E-state index contributed by atoms with van der Waals surface area (Å²) in [5.74, 6) is -0.634. The molecule has 1 amide bonds. The molecular formula is C55H99NO9. The Morgan fingerprint density at radius 3 is 1.48 bits per heavy atom. The molecule has 1 aliphatic heterocycles. The quantitative estimate of drug-likeness (QED) is 0.0232. The molecule has 0 aliphatic carbocycles. The van der Waals surface area contributed by atoms with Gasteiger partial charge in [-0.3, -0.25) is 4.79 Å². The van der Waals surface area contributed by atoms with Crippen molar-refractivity contribution >= 4 is 5.91 Å². The van der Waals surface area contributed by atoms with Crippen LogP contribution in [0.1, 0.15) is 219 Å². The highest BCUT2D eigenvalue weighted by atomic mass is 16.7. The van der Waals surface area contributed by atoms with Crippen molar-refractivity contribution in [1.29, 1.82) is 0 Å². The normalized spacial score (nSPS) is 20.9. The first kappa shape index (κ1) is 60.9. The number of carbonyl (C=O) groups is 1. The lowest BCUT2D eigenvalue weighted by Gasteiger charge is -2.40. The molecule has 1 saturated heterocycles. The van der Waals surface area contributed by atoms with E-state index in [4.69, 9.17) is 9.47 Å². The molecule has 10 heteroatoms. The van der Waals surface area contributed by atoms with Gasteiger partial charge in [0.05, 0.1) is 25.4 Å². The van der Waals surface area contributed by atoms with E-state index < -0.39 is 61.5 Å². The molecule has 10 nitrogen and oxygen atoms in total. The van der Waals surface area contributed by atoms with E-state index in [1.165, 1.54) is 135 Å². The van der Waals surface area contributed by atoms with E-state index in [1.54, 1.807) is 6.08 Å². The Labute approximate surface area is 397 Å². The fourth-order valence-corrected chi connectivity index (χ4v) is 8.03. The summed E-state index contributed by atoms with van der Waals surface area (Å²) in [5.41, 5.74) is 0. The molecule has 7 N–H and O–H groups in total. The van der Waals surface area contributed by atoms with Gasteiger partial charge in [-0.1, -0.05) is 209 Å². The Balaban J connectivity index is 2.25. The lowest BCUT2D eigenvalue weighted by Crippen LogP contribution is -2.60. The zero-order valence-electron chi connectivity index (χ0n) is 41.3. The highest BCUT2D eigenvalue weighted by Crippen LogP contribution is 2.23. The summed E-state index contributed by atoms with van der Waals surface area (Å²) in [6.45, 7) is 3.53. The summed E-state index contributed by atoms with van der Waals surface area (Å²) in [7, 11) is 0. The Hall–Kier alpha value is -2.15. The Bertz CT molecular complexity index is 1220. The van der Waals surface area contributed by atoms with Crippen LogP contribution in [0.25, 0.3) is 0 Å². The maximum Gasteiger partial charge on any atom is 0.249 e. The molecule has 65 heavy (non-hydrogen) atoms. The minimum atomic E-state index is -1.62. The van der Waals surface area contributed by atoms with Crippen LogP contribution in [0.5, 0.6) is 0 Å². The van der Waals surface area contributed by atoms with E-state index >= 15 is 0 Å². The minimum Gasteiger partial charge on any atom is -0.394 e. The van der Waals surface area contributed by atoms with Crippen LogP contribution in [0.4, 0.5) is 0 Å². The number of allylic oxidation sites excluding steroid dienone is 9. The number of aliphatic hydroxyl groups is 6. The van der Waals surface area contributed by atoms with Crippen molar-refractivity contribution in [3.8, 4) is 0 Å². The van der Waals surface area contributed by atoms with Crippen molar-refractivity contribution in [2.75, 3.05) is 13.2 Å². The highest BCUT2D eigenvalue weighted by molar-refractivity contribution is 5.80. The number of hydrogen-bond acceptors (Lipinski definition) is 9. The van der Waals surface area contributed by atoms with Crippen LogP contribution in [-0.2, 0) is 14.3 Å². The molecule has 1 rings (SSSR count). The average molecular weight is 918 g/mol. The predicted molar refractivity (Wildman–Crippen MR) is 268 cm³/mol. The zero-order chi connectivity index (χ0) is 47.4. The van der Waals surface area contributed by atoms with E-state index in [1.807, 2.05) is 6.08 Å². The summed E-state index contributed by atoms with van der Waals surface area (Å²) in [5, 5.41) is 64.7. The molecule has 8 atom stereocenters. The van der Waals surface area contributed by atoms with Crippen molar-refractivity contribution in [2.24, 2.45) is 0 Å².